The number of hydrogen-bond donors (Lipinski definition) is 0. The van der Waals surface area contributed by atoms with Crippen molar-refractivity contribution in [3.8, 4) is 0 Å². The first kappa shape index (κ1) is 11.0. The summed E-state index contributed by atoms with van der Waals surface area (Å²) < 4.78 is 0. The lowest BCUT2D eigenvalue weighted by molar-refractivity contribution is -0.122. The molecule has 0 saturated heterocycles. The van der Waals surface area contributed by atoms with Gasteiger partial charge in [-0.3, -0.25) is 4.79 Å². The maximum absolute atomic E-state index is 11.3. The maximum Gasteiger partial charge on any atom is 0.135 e. The summed E-state index contributed by atoms with van der Waals surface area (Å²) in [4.78, 5) is 11.3. The zero-order valence-electron chi connectivity index (χ0n) is 8.99. The van der Waals surface area contributed by atoms with Crippen LogP contribution in [0, 0.1) is 5.92 Å². The Morgan fingerprint density at radius 2 is 1.93 bits per heavy atom. The molecule has 1 aromatic carbocycles. The standard InChI is InChI=1S/C13H18O/c1-3-13(14)11(2)9-10-12-7-5-4-6-8-12/h4-8,11H,3,9-10H2,1-2H3/t11-/m1/s1. The normalized spacial score (nSPS) is 12.4. The van der Waals surface area contributed by atoms with Crippen LogP contribution in [-0.2, 0) is 11.2 Å². The molecular weight excluding hydrogens is 172 g/mol. The summed E-state index contributed by atoms with van der Waals surface area (Å²) in [5, 5.41) is 0. The Morgan fingerprint density at radius 1 is 1.29 bits per heavy atom. The van der Waals surface area contributed by atoms with E-state index in [1.807, 2.05) is 32.0 Å². The Morgan fingerprint density at radius 3 is 2.50 bits per heavy atom. The van der Waals surface area contributed by atoms with Crippen molar-refractivity contribution < 1.29 is 4.79 Å². The van der Waals surface area contributed by atoms with E-state index in [-0.39, 0.29) is 5.92 Å². The predicted molar refractivity (Wildman–Crippen MR) is 59.2 cm³/mol. The molecular formula is C13H18O. The van der Waals surface area contributed by atoms with Crippen molar-refractivity contribution >= 4 is 5.78 Å². The third-order valence-corrected chi connectivity index (χ3v) is 2.61. The van der Waals surface area contributed by atoms with Gasteiger partial charge in [-0.05, 0) is 18.4 Å². The summed E-state index contributed by atoms with van der Waals surface area (Å²) in [6.07, 6.45) is 2.64. The second-order valence-corrected chi connectivity index (χ2v) is 3.75. The van der Waals surface area contributed by atoms with Gasteiger partial charge in [0, 0.05) is 12.3 Å². The summed E-state index contributed by atoms with van der Waals surface area (Å²) in [5.41, 5.74) is 1.32. The van der Waals surface area contributed by atoms with Crippen LogP contribution in [0.1, 0.15) is 32.3 Å². The summed E-state index contributed by atoms with van der Waals surface area (Å²) in [6, 6.07) is 10.3. The number of Topliss-reactive ketones (excluding diaryl/α,β-unsaturated/α-hetero) is 1. The van der Waals surface area contributed by atoms with Gasteiger partial charge in [-0.25, -0.2) is 0 Å². The number of ketones is 1. The molecule has 0 fully saturated rings. The van der Waals surface area contributed by atoms with Gasteiger partial charge in [0.25, 0.3) is 0 Å². The van der Waals surface area contributed by atoms with Gasteiger partial charge in [-0.1, -0.05) is 44.2 Å². The van der Waals surface area contributed by atoms with Crippen molar-refractivity contribution in [2.45, 2.75) is 33.1 Å². The highest BCUT2D eigenvalue weighted by Gasteiger charge is 2.09. The quantitative estimate of drug-likeness (QED) is 0.696. The van der Waals surface area contributed by atoms with Gasteiger partial charge in [0.1, 0.15) is 5.78 Å². The van der Waals surface area contributed by atoms with Crippen LogP contribution in [0.4, 0.5) is 0 Å². The Bertz CT molecular complexity index is 277. The number of rotatable bonds is 5. The predicted octanol–water partition coefficient (Wildman–Crippen LogP) is 3.23. The van der Waals surface area contributed by atoms with Gasteiger partial charge in [0.15, 0.2) is 0 Å². The molecule has 0 bridgehead atoms. The van der Waals surface area contributed by atoms with Gasteiger partial charge < -0.3 is 0 Å². The van der Waals surface area contributed by atoms with Gasteiger partial charge in [-0.15, -0.1) is 0 Å². The monoisotopic (exact) mass is 190 g/mol. The fourth-order valence-corrected chi connectivity index (χ4v) is 1.54. The maximum atomic E-state index is 11.3. The molecule has 0 spiro atoms. The van der Waals surface area contributed by atoms with Crippen LogP contribution in [0.3, 0.4) is 0 Å². The Hall–Kier alpha value is -1.11. The van der Waals surface area contributed by atoms with Crippen LogP contribution < -0.4 is 0 Å². The van der Waals surface area contributed by atoms with E-state index in [4.69, 9.17) is 0 Å². The second kappa shape index (κ2) is 5.58. The summed E-state index contributed by atoms with van der Waals surface area (Å²) in [5.74, 6) is 0.584. The minimum atomic E-state index is 0.209. The van der Waals surface area contributed by atoms with Crippen molar-refractivity contribution in [2.75, 3.05) is 0 Å². The molecule has 0 unspecified atom stereocenters. The van der Waals surface area contributed by atoms with Gasteiger partial charge in [0.2, 0.25) is 0 Å². The highest BCUT2D eigenvalue weighted by molar-refractivity contribution is 5.80. The molecule has 0 aliphatic rings. The van der Waals surface area contributed by atoms with Gasteiger partial charge in [-0.2, -0.15) is 0 Å². The molecule has 1 nitrogen and oxygen atoms in total. The third kappa shape index (κ3) is 3.33. The zero-order chi connectivity index (χ0) is 10.4. The molecule has 0 amide bonds. The number of carbonyl (C=O) groups excluding carboxylic acids is 1. The van der Waals surface area contributed by atoms with E-state index >= 15 is 0 Å². The van der Waals surface area contributed by atoms with Crippen molar-refractivity contribution in [3.63, 3.8) is 0 Å². The average molecular weight is 190 g/mol. The van der Waals surface area contributed by atoms with E-state index in [1.165, 1.54) is 5.56 Å². The molecule has 0 saturated carbocycles. The summed E-state index contributed by atoms with van der Waals surface area (Å²) in [6.45, 7) is 3.95. The van der Waals surface area contributed by atoms with E-state index in [1.54, 1.807) is 0 Å². The lowest BCUT2D eigenvalue weighted by Gasteiger charge is -2.08. The number of aryl methyl sites for hydroxylation is 1. The lowest BCUT2D eigenvalue weighted by Crippen LogP contribution is -2.10. The van der Waals surface area contributed by atoms with E-state index in [0.717, 1.165) is 12.8 Å². The Balaban J connectivity index is 2.38. The first-order valence-corrected chi connectivity index (χ1v) is 5.30. The number of hydrogen-bond acceptors (Lipinski definition) is 1. The van der Waals surface area contributed by atoms with E-state index in [2.05, 4.69) is 12.1 Å². The smallest absolute Gasteiger partial charge is 0.135 e. The fourth-order valence-electron chi connectivity index (χ4n) is 1.54. The SMILES string of the molecule is CCC(=O)[C@H](C)CCc1ccccc1. The molecule has 0 radical (unpaired) electrons. The Labute approximate surface area is 86.1 Å². The molecule has 1 heteroatoms. The molecule has 1 rings (SSSR count). The molecule has 1 aromatic rings. The molecule has 14 heavy (non-hydrogen) atoms. The highest BCUT2D eigenvalue weighted by Crippen LogP contribution is 2.11. The topological polar surface area (TPSA) is 17.1 Å². The largest absolute Gasteiger partial charge is 0.299 e. The number of benzene rings is 1. The van der Waals surface area contributed by atoms with Crippen molar-refractivity contribution in [1.29, 1.82) is 0 Å². The van der Waals surface area contributed by atoms with Crippen LogP contribution in [0.15, 0.2) is 30.3 Å². The van der Waals surface area contributed by atoms with E-state index in [9.17, 15) is 4.79 Å². The van der Waals surface area contributed by atoms with E-state index < -0.39 is 0 Å². The molecule has 0 aliphatic heterocycles. The lowest BCUT2D eigenvalue weighted by atomic mass is 9.96. The van der Waals surface area contributed by atoms with Crippen LogP contribution in [0.2, 0.25) is 0 Å². The van der Waals surface area contributed by atoms with Crippen LogP contribution in [0.5, 0.6) is 0 Å². The second-order valence-electron chi connectivity index (χ2n) is 3.75. The van der Waals surface area contributed by atoms with Crippen molar-refractivity contribution in [1.82, 2.24) is 0 Å². The van der Waals surface area contributed by atoms with Crippen LogP contribution in [0.25, 0.3) is 0 Å². The molecule has 0 N–H and O–H groups in total. The van der Waals surface area contributed by atoms with Gasteiger partial charge >= 0.3 is 0 Å². The first-order valence-electron chi connectivity index (χ1n) is 5.30. The Kier molecular flexibility index (Phi) is 4.37. The molecule has 0 heterocycles. The summed E-state index contributed by atoms with van der Waals surface area (Å²) in [7, 11) is 0. The minimum Gasteiger partial charge on any atom is -0.299 e. The molecule has 0 aromatic heterocycles. The fraction of sp³-hybridized carbons (Fsp3) is 0.462. The molecule has 1 atom stereocenters. The highest BCUT2D eigenvalue weighted by atomic mass is 16.1. The van der Waals surface area contributed by atoms with Crippen LogP contribution in [-0.4, -0.2) is 5.78 Å². The first-order chi connectivity index (χ1) is 6.74. The van der Waals surface area contributed by atoms with Crippen LogP contribution >= 0.6 is 0 Å². The molecule has 76 valence electrons. The van der Waals surface area contributed by atoms with Gasteiger partial charge in [0.05, 0.1) is 0 Å². The third-order valence-electron chi connectivity index (χ3n) is 2.61. The average Bonchev–Trinajstić information content (AvgIpc) is 2.26. The zero-order valence-corrected chi connectivity index (χ0v) is 8.99. The number of carbonyl (C=O) groups is 1. The molecule has 0 aliphatic carbocycles. The summed E-state index contributed by atoms with van der Waals surface area (Å²) >= 11 is 0. The van der Waals surface area contributed by atoms with Crippen molar-refractivity contribution in [2.24, 2.45) is 5.92 Å². The van der Waals surface area contributed by atoms with E-state index in [0.29, 0.717) is 12.2 Å². The minimum absolute atomic E-state index is 0.209. The van der Waals surface area contributed by atoms with Crippen molar-refractivity contribution in [3.05, 3.63) is 35.9 Å².